The summed E-state index contributed by atoms with van der Waals surface area (Å²) >= 11 is 0. The Bertz CT molecular complexity index is 2810. The monoisotopic (exact) mass is 1160 g/mol. The SMILES string of the molecule is CC(=O)C[C@@H](CCC(=O)O)C(=O)N[C@@H](Cc1ccc(O)cc1)C(=O)C[C@@H](CCCN=C(N)N)C(=O)N[C@H](CCCN=C(N)N)C(=O)C[C@@H](Cc1ccc2ccccc2c1)C(=O)NCC(=O)C[C@@H](CN)C(=O)N[C@@H](CCCN=C(N)N)C(N)=O. The summed E-state index contributed by atoms with van der Waals surface area (Å²) in [4.78, 5) is 146. The standard InChI is InChI=1S/C56H81N15O12/c1-32(72)23-38(16-19-48(77)78)52(82)71-45(26-33-13-17-41(73)18-14-33)47(76)28-37(9-4-20-65-54(59)60)51(81)69-43(10-5-21-66-55(61)62)46(75)29-39(25-34-12-15-35-7-2-3-8-36(35)24-34)50(80)68-31-42(74)27-40(30-57)53(83)70-44(49(58)79)11-6-22-67-56(63)64/h2-3,7-8,12-15,17-18,24,37-40,43-45,73H,4-6,9-11,16,19-23,25-31,57H2,1H3,(H2,58,79)(H,68,80)(H,69,81)(H,70,83)(H,71,82)(H,77,78)(H4,59,60,65)(H4,61,62,66)(H4,63,64,67)/t37-,38-,39-,40+,43-,44+,45+/m1/s1. The number of phenols is 1. The van der Waals surface area contributed by atoms with Crippen LogP contribution in [0.15, 0.2) is 81.7 Å². The van der Waals surface area contributed by atoms with Crippen molar-refractivity contribution in [2.24, 2.45) is 84.5 Å². The van der Waals surface area contributed by atoms with Crippen molar-refractivity contribution >= 4 is 87.3 Å². The Morgan fingerprint density at radius 1 is 0.518 bits per heavy atom. The van der Waals surface area contributed by atoms with Crippen LogP contribution in [0.3, 0.4) is 0 Å². The molecule has 0 saturated carbocycles. The predicted molar refractivity (Wildman–Crippen MR) is 311 cm³/mol. The van der Waals surface area contributed by atoms with Crippen molar-refractivity contribution in [1.29, 1.82) is 0 Å². The molecule has 0 heterocycles. The minimum atomic E-state index is -1.33. The van der Waals surface area contributed by atoms with Crippen molar-refractivity contribution in [3.05, 3.63) is 77.9 Å². The highest BCUT2D eigenvalue weighted by atomic mass is 16.4. The number of nitrogens with zero attached hydrogens (tertiary/aromatic N) is 3. The van der Waals surface area contributed by atoms with Crippen LogP contribution in [0.1, 0.15) is 95.1 Å². The highest BCUT2D eigenvalue weighted by Crippen LogP contribution is 2.23. The van der Waals surface area contributed by atoms with Crippen LogP contribution in [0.2, 0.25) is 0 Å². The molecule has 83 heavy (non-hydrogen) atoms. The molecule has 0 fully saturated rings. The van der Waals surface area contributed by atoms with Crippen molar-refractivity contribution in [3.8, 4) is 5.75 Å². The van der Waals surface area contributed by atoms with Crippen LogP contribution in [0.4, 0.5) is 0 Å². The quantitative estimate of drug-likeness (QED) is 0.0179. The number of aliphatic carboxylic acids is 1. The molecule has 27 heteroatoms. The molecule has 3 aromatic rings. The number of rotatable bonds is 40. The fourth-order valence-corrected chi connectivity index (χ4v) is 9.07. The van der Waals surface area contributed by atoms with E-state index in [-0.39, 0.29) is 108 Å². The fourth-order valence-electron chi connectivity index (χ4n) is 9.07. The molecule has 7 atom stereocenters. The number of phenolic OH excluding ortho intramolecular Hbond substituents is 1. The number of benzene rings is 3. The van der Waals surface area contributed by atoms with Gasteiger partial charge in [0, 0.05) is 76.0 Å². The van der Waals surface area contributed by atoms with E-state index in [9.17, 15) is 58.2 Å². The summed E-state index contributed by atoms with van der Waals surface area (Å²) in [5.74, 6) is -12.5. The van der Waals surface area contributed by atoms with E-state index in [0.717, 1.165) is 10.8 Å². The molecule has 452 valence electrons. The van der Waals surface area contributed by atoms with Gasteiger partial charge in [-0.1, -0.05) is 54.6 Å². The first kappa shape index (κ1) is 68.3. The lowest BCUT2D eigenvalue weighted by atomic mass is 9.88. The number of carboxylic acid groups (broad SMARTS) is 1. The number of guanidine groups is 3. The number of fused-ring (bicyclic) bond motifs is 1. The van der Waals surface area contributed by atoms with Gasteiger partial charge in [-0.2, -0.15) is 0 Å². The van der Waals surface area contributed by atoms with Gasteiger partial charge in [-0.25, -0.2) is 0 Å². The Hall–Kier alpha value is -9.01. The zero-order valence-corrected chi connectivity index (χ0v) is 46.8. The Morgan fingerprint density at radius 2 is 1.01 bits per heavy atom. The average molecular weight is 1160 g/mol. The largest absolute Gasteiger partial charge is 0.508 e. The van der Waals surface area contributed by atoms with Gasteiger partial charge in [-0.05, 0) is 98.7 Å². The second-order valence-corrected chi connectivity index (χ2v) is 20.4. The van der Waals surface area contributed by atoms with E-state index in [0.29, 0.717) is 17.5 Å². The lowest BCUT2D eigenvalue weighted by molar-refractivity contribution is -0.138. The first-order valence-electron chi connectivity index (χ1n) is 27.2. The maximum Gasteiger partial charge on any atom is 0.303 e. The molecule has 0 aliphatic heterocycles. The molecule has 0 aromatic heterocycles. The Morgan fingerprint density at radius 3 is 1.57 bits per heavy atom. The number of hydrogen-bond donors (Lipinski definition) is 14. The van der Waals surface area contributed by atoms with Gasteiger partial charge in [0.05, 0.1) is 24.5 Å². The number of carboxylic acids is 1. The maximum atomic E-state index is 14.7. The number of carbonyl (C=O) groups excluding carboxylic acids is 9. The van der Waals surface area contributed by atoms with Gasteiger partial charge in [0.25, 0.3) is 0 Å². The number of aromatic hydroxyl groups is 1. The number of ketones is 4. The molecule has 0 saturated heterocycles. The van der Waals surface area contributed by atoms with Crippen LogP contribution in [0.5, 0.6) is 5.75 Å². The Balaban J connectivity index is 1.98. The highest BCUT2D eigenvalue weighted by Gasteiger charge is 2.34. The van der Waals surface area contributed by atoms with E-state index in [1.54, 1.807) is 6.07 Å². The minimum absolute atomic E-state index is 0.0174. The third-order valence-electron chi connectivity index (χ3n) is 13.5. The third-order valence-corrected chi connectivity index (χ3v) is 13.5. The lowest BCUT2D eigenvalue weighted by Crippen LogP contribution is -2.49. The molecule has 27 nitrogen and oxygen atoms in total. The van der Waals surface area contributed by atoms with Gasteiger partial charge in [0.15, 0.2) is 35.2 Å². The van der Waals surface area contributed by atoms with Crippen molar-refractivity contribution in [2.45, 2.75) is 115 Å². The number of carbonyl (C=O) groups is 10. The fraction of sp³-hybridized carbons (Fsp3) is 0.482. The van der Waals surface area contributed by atoms with E-state index in [1.165, 1.54) is 31.2 Å². The van der Waals surface area contributed by atoms with Gasteiger partial charge in [-0.3, -0.25) is 58.1 Å². The Labute approximate surface area is 481 Å². The van der Waals surface area contributed by atoms with E-state index < -0.39 is 133 Å². The molecule has 0 bridgehead atoms. The summed E-state index contributed by atoms with van der Waals surface area (Å²) in [6.07, 6.45) is -1.92. The smallest absolute Gasteiger partial charge is 0.303 e. The van der Waals surface area contributed by atoms with Gasteiger partial charge < -0.3 is 82.1 Å². The summed E-state index contributed by atoms with van der Waals surface area (Å²) in [5.41, 5.74) is 45.6. The molecule has 0 radical (unpaired) electrons. The van der Waals surface area contributed by atoms with Crippen molar-refractivity contribution < 1.29 is 58.2 Å². The predicted octanol–water partition coefficient (Wildman–Crippen LogP) is -1.31. The normalized spacial score (nSPS) is 13.5. The van der Waals surface area contributed by atoms with Gasteiger partial charge in [0.1, 0.15) is 17.6 Å². The molecule has 3 rings (SSSR count). The highest BCUT2D eigenvalue weighted by molar-refractivity contribution is 5.97. The van der Waals surface area contributed by atoms with Crippen LogP contribution < -0.4 is 67.1 Å². The second kappa shape index (κ2) is 35.7. The van der Waals surface area contributed by atoms with E-state index in [4.69, 9.17) is 45.9 Å². The number of amides is 5. The summed E-state index contributed by atoms with van der Waals surface area (Å²) in [6.45, 7) is 0.596. The zero-order chi connectivity index (χ0) is 61.6. The van der Waals surface area contributed by atoms with Gasteiger partial charge >= 0.3 is 5.97 Å². The number of Topliss-reactive ketones (excluding diaryl/α,β-unsaturated/α-hetero) is 4. The number of hydrogen-bond acceptors (Lipinski definition) is 15. The lowest BCUT2D eigenvalue weighted by Gasteiger charge is -2.26. The zero-order valence-electron chi connectivity index (χ0n) is 46.8. The first-order valence-corrected chi connectivity index (χ1v) is 27.2. The number of nitrogens with one attached hydrogen (secondary N) is 4. The van der Waals surface area contributed by atoms with Crippen molar-refractivity contribution in [1.82, 2.24) is 21.3 Å². The van der Waals surface area contributed by atoms with Crippen LogP contribution >= 0.6 is 0 Å². The van der Waals surface area contributed by atoms with Crippen LogP contribution in [0, 0.1) is 23.7 Å². The molecule has 0 aliphatic rings. The maximum absolute atomic E-state index is 14.7. The molecule has 22 N–H and O–H groups in total. The topological polar surface area (TPSA) is 505 Å². The van der Waals surface area contributed by atoms with E-state index in [1.807, 2.05) is 36.4 Å². The van der Waals surface area contributed by atoms with Gasteiger partial charge in [-0.15, -0.1) is 0 Å². The molecule has 0 unspecified atom stereocenters. The molecule has 3 aromatic carbocycles. The molecule has 0 spiro atoms. The molecular formula is C56H81N15O12. The van der Waals surface area contributed by atoms with Crippen LogP contribution in [-0.2, 0) is 60.8 Å². The number of nitrogens with two attached hydrogens (primary N) is 8. The van der Waals surface area contributed by atoms with Gasteiger partial charge in [0.2, 0.25) is 29.5 Å². The minimum Gasteiger partial charge on any atom is -0.508 e. The molecule has 5 amide bonds. The number of primary amides is 1. The van der Waals surface area contributed by atoms with Crippen LogP contribution in [-0.4, -0.2) is 138 Å². The number of aliphatic imine (C=N–C) groups is 3. The summed E-state index contributed by atoms with van der Waals surface area (Å²) < 4.78 is 0. The summed E-state index contributed by atoms with van der Waals surface area (Å²) in [7, 11) is 0. The summed E-state index contributed by atoms with van der Waals surface area (Å²) in [5, 5.41) is 31.7. The van der Waals surface area contributed by atoms with E-state index in [2.05, 4.69) is 36.2 Å². The van der Waals surface area contributed by atoms with Crippen molar-refractivity contribution in [2.75, 3.05) is 32.7 Å². The second-order valence-electron chi connectivity index (χ2n) is 20.4. The molecule has 0 aliphatic carbocycles. The average Bonchev–Trinajstić information content (AvgIpc) is 3.63. The van der Waals surface area contributed by atoms with Crippen molar-refractivity contribution in [3.63, 3.8) is 0 Å². The van der Waals surface area contributed by atoms with Crippen LogP contribution in [0.25, 0.3) is 10.8 Å². The summed E-state index contributed by atoms with van der Waals surface area (Å²) in [6, 6.07) is 15.0. The molecular weight excluding hydrogens is 1070 g/mol. The Kier molecular flexibility index (Phi) is 29.3. The van der Waals surface area contributed by atoms with E-state index >= 15 is 0 Å². The third kappa shape index (κ3) is 26.4. The first-order chi connectivity index (χ1) is 39.3.